The third-order valence-electron chi connectivity index (χ3n) is 4.95. The Hall–Kier alpha value is -1.62. The van der Waals surface area contributed by atoms with E-state index in [2.05, 4.69) is 20.8 Å². The van der Waals surface area contributed by atoms with Crippen LogP contribution in [0.3, 0.4) is 0 Å². The van der Waals surface area contributed by atoms with Gasteiger partial charge in [0.05, 0.1) is 6.10 Å². The van der Waals surface area contributed by atoms with Crippen LogP contribution in [0.1, 0.15) is 50.9 Å². The van der Waals surface area contributed by atoms with Crippen molar-refractivity contribution in [3.63, 3.8) is 0 Å². The van der Waals surface area contributed by atoms with Crippen LogP contribution in [0.4, 0.5) is 0 Å². The van der Waals surface area contributed by atoms with Crippen molar-refractivity contribution in [2.24, 2.45) is 12.5 Å². The van der Waals surface area contributed by atoms with Gasteiger partial charge in [-0.2, -0.15) is 0 Å². The van der Waals surface area contributed by atoms with E-state index < -0.39 is 0 Å². The van der Waals surface area contributed by atoms with Crippen molar-refractivity contribution in [2.75, 3.05) is 13.2 Å². The van der Waals surface area contributed by atoms with Gasteiger partial charge in [0, 0.05) is 49.5 Å². The zero-order valence-electron chi connectivity index (χ0n) is 14.8. The molecule has 0 aliphatic heterocycles. The van der Waals surface area contributed by atoms with Crippen LogP contribution in [-0.4, -0.2) is 40.7 Å². The van der Waals surface area contributed by atoms with Crippen molar-refractivity contribution in [1.29, 1.82) is 0 Å². The molecule has 128 valence electrons. The number of aryl methyl sites for hydroxylation is 1. The zero-order valence-corrected chi connectivity index (χ0v) is 14.8. The minimum atomic E-state index is -0.160. The lowest BCUT2D eigenvalue weighted by Gasteiger charge is -2.55. The normalized spacial score (nSPS) is 22.5. The second-order valence-corrected chi connectivity index (χ2v) is 6.88. The van der Waals surface area contributed by atoms with E-state index in [1.807, 2.05) is 11.8 Å². The maximum atomic E-state index is 12.9. The molecule has 1 aromatic rings. The first-order valence-corrected chi connectivity index (χ1v) is 8.42. The predicted octanol–water partition coefficient (Wildman–Crippen LogP) is 2.44. The summed E-state index contributed by atoms with van der Waals surface area (Å²) in [6.07, 6.45) is 3.59. The highest BCUT2D eigenvalue weighted by molar-refractivity contribution is 5.94. The summed E-state index contributed by atoms with van der Waals surface area (Å²) >= 11 is 0. The SMILES string of the molecule is CCCN(C(=O)c1ccn(C)c(=O)c1)[C@H]1C[C@@H](OCC)C1(C)C. The van der Waals surface area contributed by atoms with E-state index in [0.29, 0.717) is 18.7 Å². The van der Waals surface area contributed by atoms with Crippen LogP contribution in [0.2, 0.25) is 0 Å². The van der Waals surface area contributed by atoms with E-state index in [1.54, 1.807) is 19.3 Å². The molecule has 0 spiro atoms. The number of hydrogen-bond acceptors (Lipinski definition) is 3. The maximum Gasteiger partial charge on any atom is 0.254 e. The van der Waals surface area contributed by atoms with E-state index in [-0.39, 0.29) is 29.0 Å². The van der Waals surface area contributed by atoms with Gasteiger partial charge in [-0.1, -0.05) is 20.8 Å². The summed E-state index contributed by atoms with van der Waals surface area (Å²) in [4.78, 5) is 26.7. The van der Waals surface area contributed by atoms with E-state index in [4.69, 9.17) is 4.74 Å². The lowest BCUT2D eigenvalue weighted by atomic mass is 9.63. The molecular formula is C18H28N2O3. The van der Waals surface area contributed by atoms with Gasteiger partial charge in [-0.05, 0) is 25.8 Å². The minimum absolute atomic E-state index is 0.0578. The van der Waals surface area contributed by atoms with Crippen LogP contribution in [0.5, 0.6) is 0 Å². The molecule has 0 bridgehead atoms. The molecule has 5 nitrogen and oxygen atoms in total. The van der Waals surface area contributed by atoms with Crippen molar-refractivity contribution < 1.29 is 9.53 Å². The second kappa shape index (κ2) is 6.87. The number of hydrogen-bond donors (Lipinski definition) is 0. The highest BCUT2D eigenvalue weighted by atomic mass is 16.5. The molecule has 0 saturated heterocycles. The molecule has 1 amide bonds. The number of carbonyl (C=O) groups is 1. The molecular weight excluding hydrogens is 292 g/mol. The number of pyridine rings is 1. The molecule has 23 heavy (non-hydrogen) atoms. The number of ether oxygens (including phenoxy) is 1. The highest BCUT2D eigenvalue weighted by Crippen LogP contribution is 2.46. The molecule has 1 saturated carbocycles. The monoisotopic (exact) mass is 320 g/mol. The maximum absolute atomic E-state index is 12.9. The smallest absolute Gasteiger partial charge is 0.254 e. The van der Waals surface area contributed by atoms with E-state index in [1.165, 1.54) is 10.6 Å². The summed E-state index contributed by atoms with van der Waals surface area (Å²) < 4.78 is 7.25. The fourth-order valence-electron chi connectivity index (χ4n) is 3.36. The number of carbonyl (C=O) groups excluding carboxylic acids is 1. The fourth-order valence-corrected chi connectivity index (χ4v) is 3.36. The molecule has 0 aromatic carbocycles. The van der Waals surface area contributed by atoms with Gasteiger partial charge in [0.25, 0.3) is 11.5 Å². The summed E-state index contributed by atoms with van der Waals surface area (Å²) in [5, 5.41) is 0. The summed E-state index contributed by atoms with van der Waals surface area (Å²) in [5.41, 5.74) is 0.241. The molecule has 0 unspecified atom stereocenters. The van der Waals surface area contributed by atoms with Crippen LogP contribution < -0.4 is 5.56 Å². The predicted molar refractivity (Wildman–Crippen MR) is 90.6 cm³/mol. The third kappa shape index (κ3) is 3.34. The average molecular weight is 320 g/mol. The van der Waals surface area contributed by atoms with Gasteiger partial charge < -0.3 is 14.2 Å². The molecule has 1 fully saturated rings. The molecule has 1 aromatic heterocycles. The van der Waals surface area contributed by atoms with Crippen LogP contribution >= 0.6 is 0 Å². The van der Waals surface area contributed by atoms with Gasteiger partial charge in [-0.25, -0.2) is 0 Å². The average Bonchev–Trinajstić information content (AvgIpc) is 2.51. The molecule has 2 rings (SSSR count). The Morgan fingerprint density at radius 2 is 2.13 bits per heavy atom. The quantitative estimate of drug-likeness (QED) is 0.809. The van der Waals surface area contributed by atoms with Gasteiger partial charge in [0.15, 0.2) is 0 Å². The van der Waals surface area contributed by atoms with Gasteiger partial charge in [-0.3, -0.25) is 9.59 Å². The second-order valence-electron chi connectivity index (χ2n) is 6.88. The van der Waals surface area contributed by atoms with Crippen molar-refractivity contribution >= 4 is 5.91 Å². The molecule has 5 heteroatoms. The Morgan fingerprint density at radius 1 is 1.43 bits per heavy atom. The number of amides is 1. The lowest BCUT2D eigenvalue weighted by molar-refractivity contribution is -0.140. The Morgan fingerprint density at radius 3 is 2.65 bits per heavy atom. The molecule has 2 atom stereocenters. The van der Waals surface area contributed by atoms with Crippen LogP contribution in [0.25, 0.3) is 0 Å². The zero-order chi connectivity index (χ0) is 17.2. The van der Waals surface area contributed by atoms with Crippen LogP contribution in [-0.2, 0) is 11.8 Å². The van der Waals surface area contributed by atoms with E-state index in [9.17, 15) is 9.59 Å². The summed E-state index contributed by atoms with van der Waals surface area (Å²) in [5.74, 6) is -0.0578. The van der Waals surface area contributed by atoms with Gasteiger partial charge >= 0.3 is 0 Å². The van der Waals surface area contributed by atoms with Crippen molar-refractivity contribution in [1.82, 2.24) is 9.47 Å². The van der Waals surface area contributed by atoms with E-state index >= 15 is 0 Å². The first-order valence-electron chi connectivity index (χ1n) is 8.42. The van der Waals surface area contributed by atoms with Crippen molar-refractivity contribution in [3.05, 3.63) is 34.2 Å². The standard InChI is InChI=1S/C18H28N2O3/c1-6-9-20(14-12-15(23-7-2)18(14,3)4)17(22)13-8-10-19(5)16(21)11-13/h8,10-11,14-15H,6-7,9,12H2,1-5H3/t14-,15+/m0/s1. The summed E-state index contributed by atoms with van der Waals surface area (Å²) in [6.45, 7) is 9.76. The van der Waals surface area contributed by atoms with E-state index in [0.717, 1.165) is 12.8 Å². The lowest BCUT2D eigenvalue weighted by Crippen LogP contribution is -2.63. The van der Waals surface area contributed by atoms with Gasteiger partial charge in [-0.15, -0.1) is 0 Å². The summed E-state index contributed by atoms with van der Waals surface area (Å²) in [7, 11) is 1.68. The number of rotatable bonds is 6. The topological polar surface area (TPSA) is 51.5 Å². The molecule has 0 radical (unpaired) electrons. The minimum Gasteiger partial charge on any atom is -0.378 e. The first-order chi connectivity index (χ1) is 10.8. The molecule has 1 heterocycles. The molecule has 1 aliphatic carbocycles. The summed E-state index contributed by atoms with van der Waals surface area (Å²) in [6, 6.07) is 3.30. The van der Waals surface area contributed by atoms with Crippen molar-refractivity contribution in [3.8, 4) is 0 Å². The van der Waals surface area contributed by atoms with Gasteiger partial charge in [0.2, 0.25) is 0 Å². The largest absolute Gasteiger partial charge is 0.378 e. The Labute approximate surface area is 138 Å². The Bertz CT molecular complexity index is 621. The van der Waals surface area contributed by atoms with Crippen molar-refractivity contribution in [2.45, 2.75) is 52.7 Å². The van der Waals surface area contributed by atoms with Crippen LogP contribution in [0.15, 0.2) is 23.1 Å². The highest BCUT2D eigenvalue weighted by Gasteiger charge is 2.52. The third-order valence-corrected chi connectivity index (χ3v) is 4.95. The molecule has 0 N–H and O–H groups in total. The van der Waals surface area contributed by atoms with Gasteiger partial charge in [0.1, 0.15) is 0 Å². The van der Waals surface area contributed by atoms with Crippen LogP contribution in [0, 0.1) is 5.41 Å². The Kier molecular flexibility index (Phi) is 5.30. The number of nitrogens with zero attached hydrogens (tertiary/aromatic N) is 2. The Balaban J connectivity index is 2.23. The number of aromatic nitrogens is 1. The first kappa shape index (κ1) is 17.7. The fraction of sp³-hybridized carbons (Fsp3) is 0.667. The molecule has 1 aliphatic rings.